The molecule has 5 heteroatoms. The molecular formula is C16H15FN2O2. The van der Waals surface area contributed by atoms with Gasteiger partial charge in [-0.3, -0.25) is 4.79 Å². The maximum absolute atomic E-state index is 12.7. The van der Waals surface area contributed by atoms with E-state index in [1.165, 1.54) is 30.5 Å². The largest absolute Gasteiger partial charge is 0.460 e. The number of rotatable bonds is 4. The summed E-state index contributed by atoms with van der Waals surface area (Å²) in [7, 11) is 0. The number of furan rings is 1. The lowest BCUT2D eigenvalue weighted by molar-refractivity contribution is 0.0955. The molecule has 108 valence electrons. The molecule has 0 unspecified atom stereocenters. The maximum atomic E-state index is 12.7. The molecule has 21 heavy (non-hydrogen) atoms. The Bertz CT molecular complexity index is 676. The van der Waals surface area contributed by atoms with E-state index in [0.29, 0.717) is 23.2 Å². The molecule has 1 aliphatic rings. The Kier molecular flexibility index (Phi) is 3.56. The van der Waals surface area contributed by atoms with Gasteiger partial charge in [-0.15, -0.1) is 0 Å². The summed E-state index contributed by atoms with van der Waals surface area (Å²) in [5.41, 5.74) is 2.73. The van der Waals surface area contributed by atoms with Gasteiger partial charge < -0.3 is 4.42 Å². The predicted octanol–water partition coefficient (Wildman–Crippen LogP) is 3.31. The molecule has 0 spiro atoms. The van der Waals surface area contributed by atoms with Gasteiger partial charge in [-0.25, -0.2) is 9.82 Å². The van der Waals surface area contributed by atoms with Crippen LogP contribution in [0.5, 0.6) is 0 Å². The van der Waals surface area contributed by atoms with E-state index in [4.69, 9.17) is 4.42 Å². The Morgan fingerprint density at radius 2 is 2.05 bits per heavy atom. The van der Waals surface area contributed by atoms with Crippen LogP contribution in [0.4, 0.5) is 4.39 Å². The molecule has 2 aromatic rings. The standard InChI is InChI=1S/C16H15FN2O2/c1-10-8-14(10)15-7-6-13(21-15)9-18-19-16(20)11-2-4-12(17)5-3-11/h2-7,9-10,14H,8H2,1H3,(H,19,20)/b18-9-/t10-,14+/m1/s1. The average molecular weight is 286 g/mol. The number of carbonyl (C=O) groups excluding carboxylic acids is 1. The molecule has 1 heterocycles. The van der Waals surface area contributed by atoms with Crippen LogP contribution in [-0.4, -0.2) is 12.1 Å². The average Bonchev–Trinajstić information content (AvgIpc) is 3.01. The fourth-order valence-electron chi connectivity index (χ4n) is 2.18. The van der Waals surface area contributed by atoms with Crippen molar-refractivity contribution in [2.75, 3.05) is 0 Å². The third kappa shape index (κ3) is 3.18. The Morgan fingerprint density at radius 1 is 1.33 bits per heavy atom. The van der Waals surface area contributed by atoms with E-state index < -0.39 is 5.91 Å². The third-order valence-electron chi connectivity index (χ3n) is 3.59. The molecule has 1 aromatic heterocycles. The fraction of sp³-hybridized carbons (Fsp3) is 0.250. The smallest absolute Gasteiger partial charge is 0.271 e. The van der Waals surface area contributed by atoms with Gasteiger partial charge in [0.15, 0.2) is 0 Å². The van der Waals surface area contributed by atoms with Gasteiger partial charge in [-0.05, 0) is 48.7 Å². The topological polar surface area (TPSA) is 54.6 Å². The first-order valence-electron chi connectivity index (χ1n) is 6.82. The van der Waals surface area contributed by atoms with Gasteiger partial charge in [-0.2, -0.15) is 5.10 Å². The molecule has 0 aliphatic heterocycles. The van der Waals surface area contributed by atoms with Gasteiger partial charge in [0.1, 0.15) is 17.3 Å². The summed E-state index contributed by atoms with van der Waals surface area (Å²) in [5.74, 6) is 1.98. The summed E-state index contributed by atoms with van der Waals surface area (Å²) in [6.07, 6.45) is 2.61. The van der Waals surface area contributed by atoms with Crippen molar-refractivity contribution in [2.45, 2.75) is 19.3 Å². The molecule has 0 saturated heterocycles. The lowest BCUT2D eigenvalue weighted by Gasteiger charge is -1.98. The van der Waals surface area contributed by atoms with Crippen LogP contribution in [-0.2, 0) is 0 Å². The SMILES string of the molecule is C[C@@H]1C[C@@H]1c1ccc(/C=N\NC(=O)c2ccc(F)cc2)o1. The van der Waals surface area contributed by atoms with E-state index in [-0.39, 0.29) is 5.82 Å². The van der Waals surface area contributed by atoms with Crippen molar-refractivity contribution in [1.29, 1.82) is 0 Å². The molecule has 4 nitrogen and oxygen atoms in total. The second-order valence-corrected chi connectivity index (χ2v) is 5.27. The minimum absolute atomic E-state index is 0.348. The maximum Gasteiger partial charge on any atom is 0.271 e. The molecule has 1 aromatic carbocycles. The van der Waals surface area contributed by atoms with Gasteiger partial charge in [0.25, 0.3) is 5.91 Å². The van der Waals surface area contributed by atoms with Crippen LogP contribution in [0.15, 0.2) is 45.9 Å². The molecule has 1 aliphatic carbocycles. The number of nitrogens with one attached hydrogen (secondary N) is 1. The molecule has 1 fully saturated rings. The van der Waals surface area contributed by atoms with E-state index in [2.05, 4.69) is 17.5 Å². The van der Waals surface area contributed by atoms with Crippen molar-refractivity contribution >= 4 is 12.1 Å². The fourth-order valence-corrected chi connectivity index (χ4v) is 2.18. The summed E-state index contributed by atoms with van der Waals surface area (Å²) in [6, 6.07) is 9.03. The lowest BCUT2D eigenvalue weighted by Crippen LogP contribution is -2.17. The van der Waals surface area contributed by atoms with Crippen LogP contribution >= 0.6 is 0 Å². The molecule has 3 rings (SSSR count). The summed E-state index contributed by atoms with van der Waals surface area (Å²) >= 11 is 0. The molecule has 0 radical (unpaired) electrons. The first-order chi connectivity index (χ1) is 10.1. The number of hydrazone groups is 1. The summed E-state index contributed by atoms with van der Waals surface area (Å²) < 4.78 is 18.4. The number of halogens is 1. The number of amides is 1. The van der Waals surface area contributed by atoms with E-state index in [1.54, 1.807) is 0 Å². The third-order valence-corrected chi connectivity index (χ3v) is 3.59. The van der Waals surface area contributed by atoms with Gasteiger partial charge in [-0.1, -0.05) is 6.92 Å². The van der Waals surface area contributed by atoms with Crippen LogP contribution < -0.4 is 5.43 Å². The van der Waals surface area contributed by atoms with Crippen molar-refractivity contribution in [2.24, 2.45) is 11.0 Å². The number of hydrogen-bond acceptors (Lipinski definition) is 3. The Hall–Kier alpha value is -2.43. The van der Waals surface area contributed by atoms with Crippen LogP contribution in [0, 0.1) is 11.7 Å². The zero-order valence-electron chi connectivity index (χ0n) is 11.5. The number of hydrogen-bond donors (Lipinski definition) is 1. The minimum atomic E-state index is -0.395. The number of benzene rings is 1. The summed E-state index contributed by atoms with van der Waals surface area (Å²) in [6.45, 7) is 2.18. The van der Waals surface area contributed by atoms with Gasteiger partial charge >= 0.3 is 0 Å². The second kappa shape index (κ2) is 5.52. The zero-order chi connectivity index (χ0) is 14.8. The Labute approximate surface area is 121 Å². The summed E-state index contributed by atoms with van der Waals surface area (Å²) in [4.78, 5) is 11.7. The lowest BCUT2D eigenvalue weighted by atomic mass is 10.2. The zero-order valence-corrected chi connectivity index (χ0v) is 11.5. The number of carbonyl (C=O) groups is 1. The highest BCUT2D eigenvalue weighted by atomic mass is 19.1. The van der Waals surface area contributed by atoms with Crippen LogP contribution in [0.3, 0.4) is 0 Å². The molecule has 0 bridgehead atoms. The van der Waals surface area contributed by atoms with Crippen LogP contribution in [0.1, 0.15) is 41.1 Å². The van der Waals surface area contributed by atoms with E-state index >= 15 is 0 Å². The van der Waals surface area contributed by atoms with Gasteiger partial charge in [0.2, 0.25) is 0 Å². The van der Waals surface area contributed by atoms with Crippen LogP contribution in [0.2, 0.25) is 0 Å². The first-order valence-corrected chi connectivity index (χ1v) is 6.82. The minimum Gasteiger partial charge on any atom is -0.460 e. The highest BCUT2D eigenvalue weighted by Gasteiger charge is 2.36. The molecule has 2 atom stereocenters. The van der Waals surface area contributed by atoms with E-state index in [9.17, 15) is 9.18 Å². The van der Waals surface area contributed by atoms with Crippen molar-refractivity contribution < 1.29 is 13.6 Å². The molecule has 1 amide bonds. The Morgan fingerprint density at radius 3 is 2.71 bits per heavy atom. The van der Waals surface area contributed by atoms with Crippen molar-refractivity contribution in [3.8, 4) is 0 Å². The van der Waals surface area contributed by atoms with Crippen LogP contribution in [0.25, 0.3) is 0 Å². The molecule has 1 saturated carbocycles. The number of nitrogens with zero attached hydrogens (tertiary/aromatic N) is 1. The Balaban J connectivity index is 1.57. The second-order valence-electron chi connectivity index (χ2n) is 5.27. The predicted molar refractivity (Wildman–Crippen MR) is 76.7 cm³/mol. The van der Waals surface area contributed by atoms with Gasteiger partial charge in [0, 0.05) is 11.5 Å². The normalized spacial score (nSPS) is 20.7. The molecular weight excluding hydrogens is 271 g/mol. The van der Waals surface area contributed by atoms with Crippen molar-refractivity contribution in [3.05, 3.63) is 59.3 Å². The van der Waals surface area contributed by atoms with E-state index in [0.717, 1.165) is 12.2 Å². The quantitative estimate of drug-likeness (QED) is 0.692. The van der Waals surface area contributed by atoms with Gasteiger partial charge in [0.05, 0.1) is 6.21 Å². The highest BCUT2D eigenvalue weighted by molar-refractivity contribution is 5.94. The first kappa shape index (κ1) is 13.5. The monoisotopic (exact) mass is 286 g/mol. The van der Waals surface area contributed by atoms with Crippen molar-refractivity contribution in [3.63, 3.8) is 0 Å². The van der Waals surface area contributed by atoms with E-state index in [1.807, 2.05) is 12.1 Å². The summed E-state index contributed by atoms with van der Waals surface area (Å²) in [5, 5.41) is 3.84. The highest BCUT2D eigenvalue weighted by Crippen LogP contribution is 2.47. The van der Waals surface area contributed by atoms with Crippen molar-refractivity contribution in [1.82, 2.24) is 5.43 Å². The molecule has 1 N–H and O–H groups in total.